The van der Waals surface area contributed by atoms with Crippen LogP contribution in [0.3, 0.4) is 0 Å². The number of nitrogens with zero attached hydrogens (tertiary/aromatic N) is 5. The molecule has 1 saturated heterocycles. The van der Waals surface area contributed by atoms with Gasteiger partial charge >= 0.3 is 0 Å². The van der Waals surface area contributed by atoms with Crippen molar-refractivity contribution < 1.29 is 9.13 Å². The third kappa shape index (κ3) is 5.07. The molecule has 9 heteroatoms. The number of rotatable bonds is 8. The first kappa shape index (κ1) is 26.8. The van der Waals surface area contributed by atoms with E-state index in [1.807, 2.05) is 24.5 Å². The summed E-state index contributed by atoms with van der Waals surface area (Å²) in [5, 5.41) is 5.28. The maximum atomic E-state index is 14.6. The van der Waals surface area contributed by atoms with Gasteiger partial charge < -0.3 is 15.0 Å². The summed E-state index contributed by atoms with van der Waals surface area (Å²) in [6.45, 7) is 6.97. The molecule has 1 saturated carbocycles. The summed E-state index contributed by atoms with van der Waals surface area (Å²) in [4.78, 5) is 26.7. The van der Waals surface area contributed by atoms with Gasteiger partial charge in [0.15, 0.2) is 11.6 Å². The topological polar surface area (TPSA) is 102 Å². The van der Waals surface area contributed by atoms with Gasteiger partial charge in [-0.2, -0.15) is 0 Å². The van der Waals surface area contributed by atoms with E-state index in [2.05, 4.69) is 45.2 Å². The lowest BCUT2D eigenvalue weighted by Crippen LogP contribution is -2.21. The fourth-order valence-corrected chi connectivity index (χ4v) is 6.01. The van der Waals surface area contributed by atoms with Crippen molar-refractivity contribution in [1.29, 1.82) is 0 Å². The SMILES string of the molecule is CC(=Cc1nc(-c2ccnc3[nH]c(-c4ncccc4F)cc23)nc2cncc(C3CCC3)c12)CCOC1CNCC1C. The standard InChI is InChI=1S/C33H34FN7O/c1-19(9-12-42-29-18-35-15-20(29)2)13-26-30-24(21-5-3-6-21)16-36-17-28(30)41-33(39-26)22-8-11-38-32-23(22)14-27(40-32)31-25(34)7-4-10-37-31/h4,7-8,10-11,13-14,16-17,20-21,29,35H,3,5-6,9,12,15,18H2,1-2H3,(H,38,40). The van der Waals surface area contributed by atoms with E-state index in [0.29, 0.717) is 35.6 Å². The molecule has 0 radical (unpaired) electrons. The van der Waals surface area contributed by atoms with Gasteiger partial charge in [0, 0.05) is 48.0 Å². The number of halogens is 1. The molecule has 0 bridgehead atoms. The lowest BCUT2D eigenvalue weighted by molar-refractivity contribution is 0.0447. The summed E-state index contributed by atoms with van der Waals surface area (Å²) in [5.74, 6) is 1.19. The largest absolute Gasteiger partial charge is 0.376 e. The summed E-state index contributed by atoms with van der Waals surface area (Å²) >= 11 is 0. The Balaban J connectivity index is 1.30. The fraction of sp³-hybridized carbons (Fsp3) is 0.364. The average Bonchev–Trinajstić information content (AvgIpc) is 3.58. The van der Waals surface area contributed by atoms with Gasteiger partial charge in [-0.15, -0.1) is 0 Å². The molecule has 1 aliphatic carbocycles. The van der Waals surface area contributed by atoms with Gasteiger partial charge in [0.25, 0.3) is 0 Å². The number of pyridine rings is 3. The molecule has 2 fully saturated rings. The Kier molecular flexibility index (Phi) is 7.21. The maximum Gasteiger partial charge on any atom is 0.161 e. The Morgan fingerprint density at radius 3 is 2.81 bits per heavy atom. The number of nitrogens with one attached hydrogen (secondary N) is 2. The summed E-state index contributed by atoms with van der Waals surface area (Å²) in [5.41, 5.74) is 6.38. The number of hydrogen-bond acceptors (Lipinski definition) is 7. The average molecular weight is 564 g/mol. The highest BCUT2D eigenvalue weighted by atomic mass is 19.1. The molecule has 0 aromatic carbocycles. The van der Waals surface area contributed by atoms with E-state index < -0.39 is 5.82 Å². The van der Waals surface area contributed by atoms with Gasteiger partial charge in [0.05, 0.1) is 35.8 Å². The number of aromatic nitrogens is 6. The Labute approximate surface area is 243 Å². The molecule has 42 heavy (non-hydrogen) atoms. The molecule has 8 nitrogen and oxygen atoms in total. The van der Waals surface area contributed by atoms with Crippen molar-refractivity contribution in [2.24, 2.45) is 5.92 Å². The van der Waals surface area contributed by atoms with Crippen LogP contribution in [-0.4, -0.2) is 55.7 Å². The molecule has 0 spiro atoms. The Bertz CT molecular complexity index is 1790. The van der Waals surface area contributed by atoms with E-state index in [0.717, 1.165) is 59.9 Å². The van der Waals surface area contributed by atoms with Crippen molar-refractivity contribution >= 4 is 28.0 Å². The second-order valence-electron chi connectivity index (χ2n) is 11.6. The zero-order chi connectivity index (χ0) is 28.6. The van der Waals surface area contributed by atoms with Gasteiger partial charge in [-0.25, -0.2) is 19.3 Å². The Morgan fingerprint density at radius 2 is 2.02 bits per heavy atom. The van der Waals surface area contributed by atoms with E-state index in [1.165, 1.54) is 23.6 Å². The lowest BCUT2D eigenvalue weighted by atomic mass is 9.79. The van der Waals surface area contributed by atoms with Crippen LogP contribution in [0.15, 0.2) is 54.6 Å². The molecule has 2 atom stereocenters. The summed E-state index contributed by atoms with van der Waals surface area (Å²) in [6, 6.07) is 6.76. The van der Waals surface area contributed by atoms with Gasteiger partial charge in [-0.3, -0.25) is 9.97 Å². The van der Waals surface area contributed by atoms with E-state index in [4.69, 9.17) is 14.7 Å². The van der Waals surface area contributed by atoms with Crippen LogP contribution in [0, 0.1) is 11.7 Å². The predicted octanol–water partition coefficient (Wildman–Crippen LogP) is 6.45. The Morgan fingerprint density at radius 1 is 1.12 bits per heavy atom. The van der Waals surface area contributed by atoms with Crippen LogP contribution in [0.25, 0.3) is 50.8 Å². The first-order valence-electron chi connectivity index (χ1n) is 14.8. The first-order valence-corrected chi connectivity index (χ1v) is 14.8. The number of ether oxygens (including phenoxy) is 1. The predicted molar refractivity (Wildman–Crippen MR) is 162 cm³/mol. The smallest absolute Gasteiger partial charge is 0.161 e. The zero-order valence-electron chi connectivity index (χ0n) is 23.9. The van der Waals surface area contributed by atoms with Crippen LogP contribution < -0.4 is 5.32 Å². The molecule has 2 unspecified atom stereocenters. The van der Waals surface area contributed by atoms with Crippen LogP contribution in [-0.2, 0) is 4.74 Å². The highest BCUT2D eigenvalue weighted by molar-refractivity contribution is 5.97. The third-order valence-electron chi connectivity index (χ3n) is 8.65. The van der Waals surface area contributed by atoms with Crippen LogP contribution in [0.2, 0.25) is 0 Å². The van der Waals surface area contributed by atoms with Crippen LogP contribution >= 0.6 is 0 Å². The number of fused-ring (bicyclic) bond motifs is 2. The van der Waals surface area contributed by atoms with Crippen molar-refractivity contribution in [2.45, 2.75) is 51.6 Å². The van der Waals surface area contributed by atoms with Gasteiger partial charge in [0.1, 0.15) is 11.3 Å². The minimum Gasteiger partial charge on any atom is -0.376 e. The highest BCUT2D eigenvalue weighted by Crippen LogP contribution is 2.41. The minimum atomic E-state index is -0.396. The van der Waals surface area contributed by atoms with E-state index >= 15 is 0 Å². The van der Waals surface area contributed by atoms with Crippen molar-refractivity contribution in [2.75, 3.05) is 19.7 Å². The minimum absolute atomic E-state index is 0.250. The lowest BCUT2D eigenvalue weighted by Gasteiger charge is -2.27. The molecule has 6 heterocycles. The van der Waals surface area contributed by atoms with Crippen molar-refractivity contribution in [1.82, 2.24) is 35.2 Å². The molecule has 2 N–H and O–H groups in total. The number of H-pyrrole nitrogens is 1. The number of aromatic amines is 1. The molecule has 7 rings (SSSR count). The third-order valence-corrected chi connectivity index (χ3v) is 8.65. The molecular weight excluding hydrogens is 529 g/mol. The quantitative estimate of drug-likeness (QED) is 0.224. The van der Waals surface area contributed by atoms with Crippen LogP contribution in [0.4, 0.5) is 4.39 Å². The van der Waals surface area contributed by atoms with Gasteiger partial charge in [-0.05, 0) is 73.9 Å². The summed E-state index contributed by atoms with van der Waals surface area (Å²) < 4.78 is 20.8. The second-order valence-corrected chi connectivity index (χ2v) is 11.6. The van der Waals surface area contributed by atoms with Crippen molar-refractivity contribution in [3.05, 3.63) is 71.7 Å². The maximum absolute atomic E-state index is 14.6. The molecule has 2 aliphatic rings. The Hall–Kier alpha value is -4.08. The fourth-order valence-electron chi connectivity index (χ4n) is 6.01. The zero-order valence-corrected chi connectivity index (χ0v) is 23.9. The van der Waals surface area contributed by atoms with Crippen molar-refractivity contribution in [3.63, 3.8) is 0 Å². The van der Waals surface area contributed by atoms with Crippen molar-refractivity contribution in [3.8, 4) is 22.8 Å². The first-order chi connectivity index (χ1) is 20.5. The monoisotopic (exact) mass is 563 g/mol. The molecule has 214 valence electrons. The number of hydrogen-bond donors (Lipinski definition) is 2. The van der Waals surface area contributed by atoms with E-state index in [1.54, 1.807) is 18.5 Å². The molecule has 5 aromatic heterocycles. The van der Waals surface area contributed by atoms with Crippen LogP contribution in [0.5, 0.6) is 0 Å². The van der Waals surface area contributed by atoms with E-state index in [-0.39, 0.29) is 11.8 Å². The van der Waals surface area contributed by atoms with Gasteiger partial charge in [0.2, 0.25) is 0 Å². The molecule has 5 aromatic rings. The molecule has 1 aliphatic heterocycles. The normalized spacial score (nSPS) is 19.5. The summed E-state index contributed by atoms with van der Waals surface area (Å²) in [7, 11) is 0. The molecular formula is C33H34FN7O. The highest BCUT2D eigenvalue weighted by Gasteiger charge is 2.25. The second kappa shape index (κ2) is 11.3. The van der Waals surface area contributed by atoms with Crippen LogP contribution in [0.1, 0.15) is 56.7 Å². The summed E-state index contributed by atoms with van der Waals surface area (Å²) in [6.07, 6.45) is 13.9. The molecule has 0 amide bonds. The van der Waals surface area contributed by atoms with Gasteiger partial charge in [-0.1, -0.05) is 18.9 Å². The van der Waals surface area contributed by atoms with E-state index in [9.17, 15) is 4.39 Å².